The highest BCUT2D eigenvalue weighted by Crippen LogP contribution is 2.23. The predicted molar refractivity (Wildman–Crippen MR) is 76.5 cm³/mol. The molecule has 0 heterocycles. The Hall–Kier alpha value is -0.420. The molecule has 0 saturated heterocycles. The van der Waals surface area contributed by atoms with Crippen molar-refractivity contribution in [2.45, 2.75) is 18.6 Å². The lowest BCUT2D eigenvalue weighted by atomic mass is 10.3. The zero-order valence-corrected chi connectivity index (χ0v) is 11.1. The molecule has 17 heavy (non-hydrogen) atoms. The topological polar surface area (TPSA) is 40.5 Å². The van der Waals surface area contributed by atoms with E-state index >= 15 is 0 Å². The number of hydrogen-bond donors (Lipinski definition) is 3. The summed E-state index contributed by atoms with van der Waals surface area (Å²) in [7, 11) is 0. The van der Waals surface area contributed by atoms with E-state index in [1.807, 2.05) is 12.1 Å². The molecule has 0 saturated carbocycles. The number of rotatable bonds is 5. The van der Waals surface area contributed by atoms with Crippen LogP contribution in [-0.4, -0.2) is 33.9 Å². The van der Waals surface area contributed by atoms with Crippen molar-refractivity contribution in [3.8, 4) is 0 Å². The van der Waals surface area contributed by atoms with Crippen LogP contribution >= 0.6 is 24.4 Å². The van der Waals surface area contributed by atoms with E-state index in [-0.39, 0.29) is 0 Å². The first-order valence-corrected chi connectivity index (χ1v) is 7.22. The maximum Gasteiger partial charge on any atom is 0.0900 e. The van der Waals surface area contributed by atoms with E-state index < -0.39 is 12.2 Å². The maximum absolute atomic E-state index is 9.68. The number of hydrogen-bond acceptors (Lipinski definition) is 4. The van der Waals surface area contributed by atoms with Crippen LogP contribution in [0.15, 0.2) is 24.3 Å². The van der Waals surface area contributed by atoms with Gasteiger partial charge in [0.25, 0.3) is 0 Å². The molecule has 2 nitrogen and oxygen atoms in total. The van der Waals surface area contributed by atoms with Crippen LogP contribution < -0.4 is 10.4 Å². The van der Waals surface area contributed by atoms with Crippen molar-refractivity contribution in [3.05, 3.63) is 34.7 Å². The van der Waals surface area contributed by atoms with Crippen LogP contribution in [0.3, 0.4) is 0 Å². The molecule has 0 spiro atoms. The second kappa shape index (κ2) is 5.96. The van der Waals surface area contributed by atoms with Gasteiger partial charge >= 0.3 is 0 Å². The monoisotopic (exact) mass is 268 g/mol. The summed E-state index contributed by atoms with van der Waals surface area (Å²) < 4.78 is 0. The second-order valence-corrected chi connectivity index (χ2v) is 5.53. The van der Waals surface area contributed by atoms with E-state index in [0.29, 0.717) is 11.5 Å². The van der Waals surface area contributed by atoms with Crippen molar-refractivity contribution in [2.75, 3.05) is 11.5 Å². The van der Waals surface area contributed by atoms with Crippen LogP contribution in [-0.2, 0) is 0 Å². The van der Waals surface area contributed by atoms with Gasteiger partial charge in [-0.1, -0.05) is 30.3 Å². The first-order valence-electron chi connectivity index (χ1n) is 5.60. The fraction of sp³-hybridized carbons (Fsp3) is 0.385. The molecule has 92 valence electrons. The third-order valence-electron chi connectivity index (χ3n) is 2.83. The third kappa shape index (κ3) is 3.07. The number of aliphatic hydroxyl groups is 2. The van der Waals surface area contributed by atoms with Crippen LogP contribution in [0.2, 0.25) is 0 Å². The molecule has 0 aromatic heterocycles. The summed E-state index contributed by atoms with van der Waals surface area (Å²) in [5.74, 6) is 0.805. The van der Waals surface area contributed by atoms with Crippen LogP contribution in [0.1, 0.15) is 6.42 Å². The van der Waals surface area contributed by atoms with Gasteiger partial charge in [0.05, 0.1) is 12.2 Å². The summed E-state index contributed by atoms with van der Waals surface area (Å²) in [4.78, 5) is 1.27. The van der Waals surface area contributed by atoms with Gasteiger partial charge in [-0.25, -0.2) is 0 Å². The highest BCUT2D eigenvalue weighted by atomic mass is 32.2. The zero-order chi connectivity index (χ0) is 12.3. The molecular weight excluding hydrogens is 252 g/mol. The molecule has 0 bridgehead atoms. The number of aliphatic hydroxyl groups excluding tert-OH is 2. The van der Waals surface area contributed by atoms with E-state index in [4.69, 9.17) is 0 Å². The SMILES string of the molecule is OC(CS)C(O)CSC1=c2ccccc2=CC1. The molecule has 1 aliphatic carbocycles. The Kier molecular flexibility index (Phi) is 4.56. The van der Waals surface area contributed by atoms with Gasteiger partial charge in [0.1, 0.15) is 0 Å². The van der Waals surface area contributed by atoms with Gasteiger partial charge in [-0.2, -0.15) is 12.6 Å². The molecule has 1 aromatic carbocycles. The number of thiol groups is 1. The van der Waals surface area contributed by atoms with Crippen LogP contribution in [0.5, 0.6) is 0 Å². The van der Waals surface area contributed by atoms with Crippen LogP contribution in [0.4, 0.5) is 0 Å². The van der Waals surface area contributed by atoms with E-state index in [9.17, 15) is 10.2 Å². The molecule has 1 aliphatic rings. The Bertz CT molecular complexity index is 498. The maximum atomic E-state index is 9.68. The van der Waals surface area contributed by atoms with Gasteiger partial charge in [-0.05, 0) is 21.8 Å². The molecule has 2 rings (SSSR count). The van der Waals surface area contributed by atoms with E-state index in [1.54, 1.807) is 11.8 Å². The first-order chi connectivity index (χ1) is 8.22. The highest BCUT2D eigenvalue weighted by Gasteiger charge is 2.16. The molecule has 2 unspecified atom stereocenters. The van der Waals surface area contributed by atoms with Crippen molar-refractivity contribution in [2.24, 2.45) is 0 Å². The molecule has 0 radical (unpaired) electrons. The lowest BCUT2D eigenvalue weighted by molar-refractivity contribution is 0.0503. The molecule has 0 amide bonds. The Morgan fingerprint density at radius 1 is 1.24 bits per heavy atom. The van der Waals surface area contributed by atoms with Crippen molar-refractivity contribution in [1.82, 2.24) is 0 Å². The normalized spacial score (nSPS) is 17.5. The average Bonchev–Trinajstić information content (AvgIpc) is 2.78. The second-order valence-electron chi connectivity index (χ2n) is 4.05. The van der Waals surface area contributed by atoms with Gasteiger partial charge in [0, 0.05) is 11.5 Å². The molecule has 4 heteroatoms. The molecule has 0 aliphatic heterocycles. The van der Waals surface area contributed by atoms with Gasteiger partial charge in [0.2, 0.25) is 0 Å². The Labute approximate surface area is 110 Å². The van der Waals surface area contributed by atoms with Crippen LogP contribution in [0, 0.1) is 0 Å². The number of thioether (sulfide) groups is 1. The summed E-state index contributed by atoms with van der Waals surface area (Å²) in [6.07, 6.45) is 1.66. The fourth-order valence-electron chi connectivity index (χ4n) is 1.80. The van der Waals surface area contributed by atoms with Gasteiger partial charge < -0.3 is 10.2 Å². The Balaban J connectivity index is 2.06. The van der Waals surface area contributed by atoms with E-state index in [0.717, 1.165) is 6.42 Å². The minimum Gasteiger partial charge on any atom is -0.390 e. The van der Waals surface area contributed by atoms with E-state index in [2.05, 4.69) is 30.8 Å². The zero-order valence-electron chi connectivity index (χ0n) is 9.41. The predicted octanol–water partition coefficient (Wildman–Crippen LogP) is 0.364. The molecule has 1 aromatic rings. The molecular formula is C13H16O2S2. The fourth-order valence-corrected chi connectivity index (χ4v) is 3.18. The minimum absolute atomic E-state index is 0.291. The minimum atomic E-state index is -0.743. The summed E-state index contributed by atoms with van der Waals surface area (Å²) in [6, 6.07) is 8.25. The molecule has 2 atom stereocenters. The molecule has 0 fully saturated rings. The lowest BCUT2D eigenvalue weighted by Gasteiger charge is -2.15. The van der Waals surface area contributed by atoms with Crippen molar-refractivity contribution >= 4 is 35.4 Å². The smallest absolute Gasteiger partial charge is 0.0900 e. The number of benzene rings is 1. The van der Waals surface area contributed by atoms with Gasteiger partial charge in [0.15, 0.2) is 0 Å². The average molecular weight is 268 g/mol. The standard InChI is InChI=1S/C13H16O2S2/c14-11(7-16)12(15)8-17-13-6-5-9-3-1-2-4-10(9)13/h1-5,11-12,14-16H,6-8H2. The largest absolute Gasteiger partial charge is 0.390 e. The van der Waals surface area contributed by atoms with Crippen molar-refractivity contribution in [1.29, 1.82) is 0 Å². The quantitative estimate of drug-likeness (QED) is 0.676. The lowest BCUT2D eigenvalue weighted by Crippen LogP contribution is -2.30. The van der Waals surface area contributed by atoms with Crippen molar-refractivity contribution in [3.63, 3.8) is 0 Å². The summed E-state index contributed by atoms with van der Waals surface area (Å²) in [6.45, 7) is 0. The number of fused-ring (bicyclic) bond motifs is 1. The Morgan fingerprint density at radius 2 is 2.00 bits per heavy atom. The Morgan fingerprint density at radius 3 is 2.76 bits per heavy atom. The van der Waals surface area contributed by atoms with Gasteiger partial charge in [-0.15, -0.1) is 11.8 Å². The highest BCUT2D eigenvalue weighted by molar-refractivity contribution is 8.07. The molecule has 2 N–H and O–H groups in total. The first kappa shape index (κ1) is 13.0. The summed E-state index contributed by atoms with van der Waals surface area (Å²) in [5.41, 5.74) is 0. The summed E-state index contributed by atoms with van der Waals surface area (Å²) >= 11 is 5.59. The van der Waals surface area contributed by atoms with Crippen LogP contribution in [0.25, 0.3) is 11.0 Å². The van der Waals surface area contributed by atoms with Gasteiger partial charge in [-0.3, -0.25) is 0 Å². The van der Waals surface area contributed by atoms with E-state index in [1.165, 1.54) is 15.3 Å². The third-order valence-corrected chi connectivity index (χ3v) is 4.45. The summed E-state index contributed by atoms with van der Waals surface area (Å²) in [5, 5.41) is 21.6. The van der Waals surface area contributed by atoms with Crippen molar-refractivity contribution < 1.29 is 10.2 Å².